The van der Waals surface area contributed by atoms with Crippen molar-refractivity contribution in [1.29, 1.82) is 0 Å². The van der Waals surface area contributed by atoms with E-state index >= 15 is 0 Å². The molecule has 2 atom stereocenters. The summed E-state index contributed by atoms with van der Waals surface area (Å²) < 4.78 is 12.7. The van der Waals surface area contributed by atoms with Gasteiger partial charge in [-0.2, -0.15) is 0 Å². The first kappa shape index (κ1) is 30.4. The van der Waals surface area contributed by atoms with E-state index in [0.29, 0.717) is 30.6 Å². The van der Waals surface area contributed by atoms with Crippen molar-refractivity contribution in [2.75, 3.05) is 39.6 Å². The maximum Gasteiger partial charge on any atom is 0.233 e. The normalized spacial score (nSPS) is 16.0. The van der Waals surface area contributed by atoms with Gasteiger partial charge in [0, 0.05) is 42.8 Å². The first-order valence-corrected chi connectivity index (χ1v) is 15.3. The van der Waals surface area contributed by atoms with Crippen molar-refractivity contribution >= 4 is 23.6 Å². The Hall–Kier alpha value is -3.53. The number of thioether (sulfide) groups is 1. The second-order valence-corrected chi connectivity index (χ2v) is 11.3. The topological polar surface area (TPSA) is 89.8 Å². The van der Waals surface area contributed by atoms with Gasteiger partial charge in [0.1, 0.15) is 11.5 Å². The number of nitrogens with zero attached hydrogens (tertiary/aromatic N) is 5. The lowest BCUT2D eigenvalue weighted by Gasteiger charge is -2.41. The van der Waals surface area contributed by atoms with Crippen LogP contribution in [0.15, 0.2) is 53.7 Å². The molecule has 2 aromatic carbocycles. The number of hydrogen-bond donors (Lipinski definition) is 0. The maximum atomic E-state index is 13.3. The Labute approximate surface area is 247 Å². The number of carbonyl (C=O) groups is 2. The van der Waals surface area contributed by atoms with Crippen molar-refractivity contribution in [2.45, 2.75) is 57.7 Å². The van der Waals surface area contributed by atoms with Crippen molar-refractivity contribution in [2.24, 2.45) is 5.92 Å². The Bertz CT molecular complexity index is 1310. The lowest BCUT2D eigenvalue weighted by Crippen LogP contribution is -2.56. The number of benzene rings is 2. The number of piperazine rings is 1. The molecule has 4 rings (SSSR count). The lowest BCUT2D eigenvalue weighted by molar-refractivity contribution is -0.144. The fourth-order valence-electron chi connectivity index (χ4n) is 5.19. The summed E-state index contributed by atoms with van der Waals surface area (Å²) in [5.41, 5.74) is 1.71. The van der Waals surface area contributed by atoms with E-state index in [-0.39, 0.29) is 29.5 Å². The van der Waals surface area contributed by atoms with E-state index in [4.69, 9.17) is 9.47 Å². The zero-order valence-corrected chi connectivity index (χ0v) is 25.5. The van der Waals surface area contributed by atoms with Gasteiger partial charge in [0.05, 0.1) is 20.0 Å². The number of rotatable bonds is 12. The Morgan fingerprint density at radius 1 is 1.02 bits per heavy atom. The molecule has 2 unspecified atom stereocenters. The summed E-state index contributed by atoms with van der Waals surface area (Å²) in [4.78, 5) is 30.4. The average Bonchev–Trinajstić information content (AvgIpc) is 3.44. The third kappa shape index (κ3) is 7.22. The third-order valence-electron chi connectivity index (χ3n) is 7.63. The van der Waals surface area contributed by atoms with E-state index in [9.17, 15) is 9.59 Å². The fraction of sp³-hybridized carbons (Fsp3) is 0.484. The number of hydrogen-bond acceptors (Lipinski definition) is 7. The summed E-state index contributed by atoms with van der Waals surface area (Å²) >= 11 is 1.36. The molecule has 9 nitrogen and oxygen atoms in total. The molecule has 0 aliphatic carbocycles. The van der Waals surface area contributed by atoms with Crippen molar-refractivity contribution in [1.82, 2.24) is 24.6 Å². The fourth-order valence-corrected chi connectivity index (χ4v) is 6.05. The molecule has 0 radical (unpaired) electrons. The van der Waals surface area contributed by atoms with Crippen LogP contribution in [0.4, 0.5) is 0 Å². The Kier molecular flexibility index (Phi) is 10.7. The van der Waals surface area contributed by atoms with Crippen LogP contribution in [0.3, 0.4) is 0 Å². The van der Waals surface area contributed by atoms with Gasteiger partial charge in [-0.1, -0.05) is 50.6 Å². The zero-order valence-electron chi connectivity index (χ0n) is 24.7. The van der Waals surface area contributed by atoms with Crippen LogP contribution in [-0.4, -0.2) is 82.0 Å². The van der Waals surface area contributed by atoms with Crippen LogP contribution >= 0.6 is 11.8 Å². The average molecular weight is 580 g/mol. The summed E-state index contributed by atoms with van der Waals surface area (Å²) in [7, 11) is 3.26. The first-order valence-electron chi connectivity index (χ1n) is 14.3. The van der Waals surface area contributed by atoms with E-state index in [1.54, 1.807) is 14.2 Å². The molecule has 1 aromatic heterocycles. The molecule has 0 bridgehead atoms. The molecule has 1 aliphatic rings. The Morgan fingerprint density at radius 3 is 2.44 bits per heavy atom. The van der Waals surface area contributed by atoms with E-state index in [2.05, 4.69) is 24.0 Å². The molecule has 1 aliphatic heterocycles. The van der Waals surface area contributed by atoms with E-state index in [0.717, 1.165) is 48.4 Å². The van der Waals surface area contributed by atoms with Gasteiger partial charge in [0.2, 0.25) is 11.8 Å². The molecule has 220 valence electrons. The minimum Gasteiger partial charge on any atom is -0.497 e. The van der Waals surface area contributed by atoms with Crippen molar-refractivity contribution in [3.05, 3.63) is 48.5 Å². The molecule has 2 amide bonds. The van der Waals surface area contributed by atoms with Crippen LogP contribution < -0.4 is 9.47 Å². The van der Waals surface area contributed by atoms with E-state index in [1.165, 1.54) is 11.8 Å². The Balaban J connectivity index is 1.48. The molecular weight excluding hydrogens is 538 g/mol. The van der Waals surface area contributed by atoms with Gasteiger partial charge in [0.25, 0.3) is 0 Å². The third-order valence-corrected chi connectivity index (χ3v) is 8.54. The van der Waals surface area contributed by atoms with Crippen LogP contribution in [0.25, 0.3) is 17.1 Å². The highest BCUT2D eigenvalue weighted by Gasteiger charge is 2.32. The van der Waals surface area contributed by atoms with E-state index in [1.807, 2.05) is 69.8 Å². The molecule has 0 saturated carbocycles. The van der Waals surface area contributed by atoms with Crippen LogP contribution in [0.5, 0.6) is 11.5 Å². The molecule has 0 spiro atoms. The molecule has 10 heteroatoms. The number of ether oxygens (including phenoxy) is 2. The first-order chi connectivity index (χ1) is 19.9. The van der Waals surface area contributed by atoms with Gasteiger partial charge in [-0.15, -0.1) is 10.2 Å². The van der Waals surface area contributed by atoms with Crippen LogP contribution in [-0.2, 0) is 9.59 Å². The summed E-state index contributed by atoms with van der Waals surface area (Å²) in [5.74, 6) is 2.67. The molecule has 1 fully saturated rings. The number of methoxy groups -OCH3 is 2. The van der Waals surface area contributed by atoms with Gasteiger partial charge in [0.15, 0.2) is 11.0 Å². The van der Waals surface area contributed by atoms with Gasteiger partial charge in [-0.05, 0) is 56.2 Å². The van der Waals surface area contributed by atoms with Crippen LogP contribution in [0, 0.1) is 5.92 Å². The zero-order chi connectivity index (χ0) is 29.4. The molecule has 3 aromatic rings. The van der Waals surface area contributed by atoms with Crippen molar-refractivity contribution in [3.8, 4) is 28.6 Å². The summed E-state index contributed by atoms with van der Waals surface area (Å²) in [5, 5.41) is 9.58. The van der Waals surface area contributed by atoms with Gasteiger partial charge in [-0.3, -0.25) is 14.2 Å². The second kappa shape index (κ2) is 14.4. The second-order valence-electron chi connectivity index (χ2n) is 10.3. The van der Waals surface area contributed by atoms with Gasteiger partial charge < -0.3 is 19.3 Å². The summed E-state index contributed by atoms with van der Waals surface area (Å²) in [6, 6.07) is 15.3. The molecule has 2 heterocycles. The lowest BCUT2D eigenvalue weighted by atomic mass is 9.96. The summed E-state index contributed by atoms with van der Waals surface area (Å²) in [6.07, 6.45) is 3.94. The standard InChI is InChI=1S/C31H41N5O4S/c1-6-8-10-23(7-2)30(38)35-18-17-34(20-22(35)3)28(37)21-41-31-33-32-29(24-11-9-12-27(19-24)40-5)36(31)25-13-15-26(39-4)16-14-25/h9,11-16,19,22-23H,6-8,10,17-18,20-21H2,1-5H3. The van der Waals surface area contributed by atoms with Gasteiger partial charge in [-0.25, -0.2) is 0 Å². The monoisotopic (exact) mass is 579 g/mol. The smallest absolute Gasteiger partial charge is 0.233 e. The number of carbonyl (C=O) groups excluding carboxylic acids is 2. The maximum absolute atomic E-state index is 13.3. The SMILES string of the molecule is CCCCC(CC)C(=O)N1CCN(C(=O)CSc2nnc(-c3cccc(OC)c3)n2-c2ccc(OC)cc2)CC1C. The number of aromatic nitrogens is 3. The van der Waals surface area contributed by atoms with Crippen LogP contribution in [0.1, 0.15) is 46.5 Å². The molecular formula is C31H41N5O4S. The molecule has 0 N–H and O–H groups in total. The minimum absolute atomic E-state index is 0.0107. The molecule has 41 heavy (non-hydrogen) atoms. The highest BCUT2D eigenvalue weighted by molar-refractivity contribution is 7.99. The minimum atomic E-state index is -0.0107. The van der Waals surface area contributed by atoms with Crippen molar-refractivity contribution in [3.63, 3.8) is 0 Å². The Morgan fingerprint density at radius 2 is 1.78 bits per heavy atom. The number of amides is 2. The van der Waals surface area contributed by atoms with Crippen molar-refractivity contribution < 1.29 is 19.1 Å². The molecule has 1 saturated heterocycles. The summed E-state index contributed by atoms with van der Waals surface area (Å²) in [6.45, 7) is 7.93. The predicted octanol–water partition coefficient (Wildman–Crippen LogP) is 5.32. The largest absolute Gasteiger partial charge is 0.497 e. The number of unbranched alkanes of at least 4 members (excludes halogenated alkanes) is 1. The quantitative estimate of drug-likeness (QED) is 0.268. The highest BCUT2D eigenvalue weighted by Crippen LogP contribution is 2.31. The van der Waals surface area contributed by atoms with Gasteiger partial charge >= 0.3 is 0 Å². The highest BCUT2D eigenvalue weighted by atomic mass is 32.2. The predicted molar refractivity (Wildman–Crippen MR) is 162 cm³/mol. The van der Waals surface area contributed by atoms with E-state index < -0.39 is 0 Å². The van der Waals surface area contributed by atoms with Crippen LogP contribution in [0.2, 0.25) is 0 Å².